The van der Waals surface area contributed by atoms with Crippen LogP contribution in [0, 0.1) is 5.92 Å². The summed E-state index contributed by atoms with van der Waals surface area (Å²) >= 11 is 0. The van der Waals surface area contributed by atoms with E-state index in [-0.39, 0.29) is 11.3 Å². The zero-order chi connectivity index (χ0) is 21.8. The maximum Gasteiger partial charge on any atom is 0.295 e. The predicted molar refractivity (Wildman–Crippen MR) is 113 cm³/mol. The molecule has 30 heavy (non-hydrogen) atoms. The van der Waals surface area contributed by atoms with Crippen molar-refractivity contribution in [3.63, 3.8) is 0 Å². The lowest BCUT2D eigenvalue weighted by Gasteiger charge is -2.24. The van der Waals surface area contributed by atoms with E-state index < -0.39 is 17.7 Å². The van der Waals surface area contributed by atoms with E-state index in [4.69, 9.17) is 9.15 Å². The van der Waals surface area contributed by atoms with E-state index in [0.717, 1.165) is 0 Å². The van der Waals surface area contributed by atoms with Gasteiger partial charge in [0, 0.05) is 18.7 Å². The Morgan fingerprint density at radius 3 is 2.47 bits per heavy atom. The van der Waals surface area contributed by atoms with Gasteiger partial charge in [-0.1, -0.05) is 13.8 Å². The van der Waals surface area contributed by atoms with Gasteiger partial charge in [0.25, 0.3) is 11.7 Å². The fourth-order valence-corrected chi connectivity index (χ4v) is 3.29. The average Bonchev–Trinajstić information content (AvgIpc) is 3.32. The van der Waals surface area contributed by atoms with E-state index in [2.05, 4.69) is 13.8 Å². The van der Waals surface area contributed by atoms with Gasteiger partial charge in [0.1, 0.15) is 23.3 Å². The number of furan rings is 1. The minimum atomic E-state index is -0.767. The first-order valence-electron chi connectivity index (χ1n) is 9.99. The van der Waals surface area contributed by atoms with Crippen LogP contribution in [0.4, 0.5) is 0 Å². The van der Waals surface area contributed by atoms with Crippen LogP contribution in [0.15, 0.2) is 52.7 Å². The van der Waals surface area contributed by atoms with Crippen molar-refractivity contribution in [2.24, 2.45) is 5.92 Å². The molecule has 2 heterocycles. The lowest BCUT2D eigenvalue weighted by molar-refractivity contribution is -0.140. The third-order valence-electron chi connectivity index (χ3n) is 4.85. The Morgan fingerprint density at radius 1 is 1.20 bits per heavy atom. The maximum atomic E-state index is 12.8. The number of nitrogens with zero attached hydrogens (tertiary/aromatic N) is 2. The highest BCUT2D eigenvalue weighted by Gasteiger charge is 2.47. The number of ether oxygens (including phenoxy) is 1. The van der Waals surface area contributed by atoms with Crippen LogP contribution in [0.2, 0.25) is 0 Å². The number of amides is 1. The van der Waals surface area contributed by atoms with Gasteiger partial charge in [-0.2, -0.15) is 0 Å². The van der Waals surface area contributed by atoms with Crippen LogP contribution in [0.1, 0.15) is 31.2 Å². The summed E-state index contributed by atoms with van der Waals surface area (Å²) in [7, 11) is 3.78. The van der Waals surface area contributed by atoms with Gasteiger partial charge in [-0.25, -0.2) is 0 Å². The number of hydrogen-bond acceptors (Lipinski definition) is 6. The van der Waals surface area contributed by atoms with Crippen molar-refractivity contribution in [1.29, 1.82) is 0 Å². The van der Waals surface area contributed by atoms with Crippen molar-refractivity contribution >= 4 is 17.4 Å². The molecule has 3 rings (SSSR count). The highest BCUT2D eigenvalue weighted by Crippen LogP contribution is 2.39. The zero-order valence-corrected chi connectivity index (χ0v) is 17.8. The predicted octanol–water partition coefficient (Wildman–Crippen LogP) is 3.30. The van der Waals surface area contributed by atoms with Gasteiger partial charge >= 0.3 is 0 Å². The zero-order valence-electron chi connectivity index (χ0n) is 17.8. The molecular formula is C23H28N2O5. The summed E-state index contributed by atoms with van der Waals surface area (Å²) in [5, 5.41) is 11.0. The summed E-state index contributed by atoms with van der Waals surface area (Å²) in [6.45, 7) is 5.61. The van der Waals surface area contributed by atoms with E-state index in [0.29, 0.717) is 42.7 Å². The van der Waals surface area contributed by atoms with Crippen LogP contribution in [-0.4, -0.2) is 60.4 Å². The standard InChI is InChI=1S/C23H28N2O5/c1-15(2)14-30-17-9-7-16(8-10-17)21(26)19-20(18-6-5-13-29-18)25(12-11-24(3)4)23(28)22(19)27/h5-10,13,15,20,26H,11-12,14H2,1-4H3/b21-19-. The van der Waals surface area contributed by atoms with Gasteiger partial charge in [-0.3, -0.25) is 9.59 Å². The van der Waals surface area contributed by atoms with Crippen LogP contribution in [-0.2, 0) is 9.59 Å². The van der Waals surface area contributed by atoms with Crippen molar-refractivity contribution in [3.05, 3.63) is 59.6 Å². The van der Waals surface area contributed by atoms with Gasteiger partial charge in [-0.15, -0.1) is 0 Å². The first-order valence-corrected chi connectivity index (χ1v) is 9.99. The first-order chi connectivity index (χ1) is 14.3. The molecule has 2 aromatic rings. The topological polar surface area (TPSA) is 83.2 Å². The molecule has 0 saturated carbocycles. The van der Waals surface area contributed by atoms with Gasteiger partial charge in [0.05, 0.1) is 18.4 Å². The van der Waals surface area contributed by atoms with Crippen molar-refractivity contribution < 1.29 is 23.8 Å². The second kappa shape index (κ2) is 9.17. The lowest BCUT2D eigenvalue weighted by atomic mass is 9.99. The molecule has 1 aliphatic heterocycles. The van der Waals surface area contributed by atoms with Crippen LogP contribution >= 0.6 is 0 Å². The fourth-order valence-electron chi connectivity index (χ4n) is 3.29. The Balaban J connectivity index is 1.97. The molecule has 0 radical (unpaired) electrons. The largest absolute Gasteiger partial charge is 0.507 e. The van der Waals surface area contributed by atoms with Gasteiger partial charge in [-0.05, 0) is 56.4 Å². The SMILES string of the molecule is CC(C)COc1ccc(/C(O)=C2/C(=O)C(=O)N(CCN(C)C)C2c2ccco2)cc1. The Bertz CT molecular complexity index is 914. The monoisotopic (exact) mass is 412 g/mol. The molecule has 1 aliphatic rings. The fraction of sp³-hybridized carbons (Fsp3) is 0.391. The van der Waals surface area contributed by atoms with E-state index in [9.17, 15) is 14.7 Å². The van der Waals surface area contributed by atoms with Gasteiger partial charge in [0.15, 0.2) is 0 Å². The Labute approximate surface area is 176 Å². The molecule has 0 bridgehead atoms. The summed E-state index contributed by atoms with van der Waals surface area (Å²) in [5.74, 6) is -0.0767. The Kier molecular flexibility index (Phi) is 6.62. The molecule has 1 aromatic carbocycles. The molecule has 1 N–H and O–H groups in total. The second-order valence-corrected chi connectivity index (χ2v) is 8.04. The molecule has 1 aromatic heterocycles. The highest BCUT2D eigenvalue weighted by molar-refractivity contribution is 6.46. The number of carbonyl (C=O) groups is 2. The maximum absolute atomic E-state index is 12.8. The van der Waals surface area contributed by atoms with E-state index in [1.165, 1.54) is 11.2 Å². The molecule has 7 heteroatoms. The van der Waals surface area contributed by atoms with E-state index >= 15 is 0 Å². The number of hydrogen-bond donors (Lipinski definition) is 1. The smallest absolute Gasteiger partial charge is 0.295 e. The molecule has 1 amide bonds. The Morgan fingerprint density at radius 2 is 1.90 bits per heavy atom. The van der Waals surface area contributed by atoms with Crippen LogP contribution in [0.3, 0.4) is 0 Å². The van der Waals surface area contributed by atoms with Crippen molar-refractivity contribution in [3.8, 4) is 5.75 Å². The summed E-state index contributed by atoms with van der Waals surface area (Å²) < 4.78 is 11.2. The minimum absolute atomic E-state index is 0.0320. The molecule has 1 unspecified atom stereocenters. The third-order valence-corrected chi connectivity index (χ3v) is 4.85. The average molecular weight is 412 g/mol. The molecule has 1 fully saturated rings. The summed E-state index contributed by atoms with van der Waals surface area (Å²) in [4.78, 5) is 28.9. The van der Waals surface area contributed by atoms with Crippen LogP contribution in [0.5, 0.6) is 5.75 Å². The number of benzene rings is 1. The lowest BCUT2D eigenvalue weighted by Crippen LogP contribution is -2.35. The normalized spacial score (nSPS) is 18.6. The third kappa shape index (κ3) is 4.57. The Hall–Kier alpha value is -3.06. The molecule has 0 spiro atoms. The number of Topliss-reactive ketones (excluding diaryl/α,β-unsaturated/α-hetero) is 1. The molecular weight excluding hydrogens is 384 g/mol. The summed E-state index contributed by atoms with van der Waals surface area (Å²) in [6.07, 6.45) is 1.49. The van der Waals surface area contributed by atoms with Crippen molar-refractivity contribution in [1.82, 2.24) is 9.80 Å². The second-order valence-electron chi connectivity index (χ2n) is 8.04. The highest BCUT2D eigenvalue weighted by atomic mass is 16.5. The summed E-state index contributed by atoms with van der Waals surface area (Å²) in [6, 6.07) is 9.46. The number of aliphatic hydroxyl groups is 1. The number of carbonyl (C=O) groups excluding carboxylic acids is 2. The van der Waals surface area contributed by atoms with Crippen molar-refractivity contribution in [2.75, 3.05) is 33.8 Å². The van der Waals surface area contributed by atoms with Crippen molar-refractivity contribution in [2.45, 2.75) is 19.9 Å². The number of ketones is 1. The van der Waals surface area contributed by atoms with Crippen LogP contribution < -0.4 is 4.74 Å². The number of likely N-dealkylation sites (tertiary alicyclic amines) is 1. The quantitative estimate of drug-likeness (QED) is 0.407. The molecule has 160 valence electrons. The van der Waals surface area contributed by atoms with Crippen LogP contribution in [0.25, 0.3) is 5.76 Å². The number of rotatable bonds is 8. The summed E-state index contributed by atoms with van der Waals surface area (Å²) in [5.41, 5.74) is 0.471. The first kappa shape index (κ1) is 21.6. The molecule has 7 nitrogen and oxygen atoms in total. The van der Waals surface area contributed by atoms with E-state index in [1.807, 2.05) is 19.0 Å². The van der Waals surface area contributed by atoms with Gasteiger partial charge < -0.3 is 24.1 Å². The number of likely N-dealkylation sites (N-methyl/N-ethyl adjacent to an activating group) is 1. The van der Waals surface area contributed by atoms with E-state index in [1.54, 1.807) is 36.4 Å². The molecule has 0 aliphatic carbocycles. The van der Waals surface area contributed by atoms with Gasteiger partial charge in [0.2, 0.25) is 0 Å². The minimum Gasteiger partial charge on any atom is -0.507 e. The molecule has 1 saturated heterocycles. The number of aliphatic hydroxyl groups excluding tert-OH is 1. The molecule has 1 atom stereocenters.